The molecule has 1 saturated heterocycles. The molecule has 1 N–H and O–H groups in total. The molecule has 7 nitrogen and oxygen atoms in total. The Balaban J connectivity index is 1.54. The fraction of sp³-hybridized carbons (Fsp3) is 0.565. The van der Waals surface area contributed by atoms with Gasteiger partial charge in [-0.2, -0.15) is 9.40 Å². The van der Waals surface area contributed by atoms with Crippen molar-refractivity contribution in [2.24, 2.45) is 0 Å². The van der Waals surface area contributed by atoms with E-state index in [1.807, 2.05) is 17.8 Å². The molecule has 8 heteroatoms. The summed E-state index contributed by atoms with van der Waals surface area (Å²) in [5.74, 6) is -0.213. The minimum atomic E-state index is -3.71. The maximum Gasteiger partial charge on any atom is 0.243 e. The van der Waals surface area contributed by atoms with E-state index in [0.717, 1.165) is 30.4 Å². The molecule has 1 aliphatic carbocycles. The molecule has 0 unspecified atom stereocenters. The average Bonchev–Trinajstić information content (AvgIpc) is 3.36. The van der Waals surface area contributed by atoms with Gasteiger partial charge in [0, 0.05) is 17.8 Å². The fourth-order valence-corrected chi connectivity index (χ4v) is 6.34. The number of carbonyl (C=O) groups excluding carboxylic acids is 1. The Morgan fingerprint density at radius 3 is 2.52 bits per heavy atom. The van der Waals surface area contributed by atoms with Gasteiger partial charge in [0.25, 0.3) is 0 Å². The molecule has 1 fully saturated rings. The number of benzene rings is 1. The van der Waals surface area contributed by atoms with E-state index < -0.39 is 16.1 Å². The molecule has 1 amide bonds. The van der Waals surface area contributed by atoms with Crippen LogP contribution in [0.15, 0.2) is 35.4 Å². The van der Waals surface area contributed by atoms with Crippen LogP contribution in [0.3, 0.4) is 0 Å². The number of nitrogens with one attached hydrogen (secondary N) is 1. The van der Waals surface area contributed by atoms with E-state index in [0.29, 0.717) is 19.4 Å². The summed E-state index contributed by atoms with van der Waals surface area (Å²) in [6.07, 6.45) is 5.83. The van der Waals surface area contributed by atoms with Crippen LogP contribution in [0.5, 0.6) is 0 Å². The first-order valence-corrected chi connectivity index (χ1v) is 12.5. The van der Waals surface area contributed by atoms with Gasteiger partial charge in [0.15, 0.2) is 0 Å². The lowest BCUT2D eigenvalue weighted by Gasteiger charge is -2.30. The first kappa shape index (κ1) is 22.0. The number of aryl methyl sites for hydroxylation is 1. The van der Waals surface area contributed by atoms with Crippen LogP contribution in [-0.2, 0) is 26.8 Å². The third-order valence-corrected chi connectivity index (χ3v) is 8.19. The Morgan fingerprint density at radius 1 is 1.13 bits per heavy atom. The SMILES string of the molecule is Cc1ccc(S(=O)(=O)N2CCC[C@H]2C(=O)N[C@@H]2CCCc3c2cnn3C(C)(C)C)cc1. The van der Waals surface area contributed by atoms with Crippen molar-refractivity contribution in [3.63, 3.8) is 0 Å². The number of sulfonamides is 1. The molecule has 2 aromatic rings. The highest BCUT2D eigenvalue weighted by Gasteiger charge is 2.40. The molecule has 168 valence electrons. The van der Waals surface area contributed by atoms with Gasteiger partial charge in [-0.05, 0) is 71.9 Å². The Morgan fingerprint density at radius 2 is 1.84 bits per heavy atom. The first-order valence-electron chi connectivity index (χ1n) is 11.1. The number of nitrogens with zero attached hydrogens (tertiary/aromatic N) is 3. The van der Waals surface area contributed by atoms with Crippen molar-refractivity contribution >= 4 is 15.9 Å². The average molecular weight is 445 g/mol. The van der Waals surface area contributed by atoms with Gasteiger partial charge in [0.1, 0.15) is 6.04 Å². The minimum Gasteiger partial charge on any atom is -0.348 e. The van der Waals surface area contributed by atoms with Crippen molar-refractivity contribution in [3.8, 4) is 0 Å². The lowest BCUT2D eigenvalue weighted by molar-refractivity contribution is -0.125. The summed E-state index contributed by atoms with van der Waals surface area (Å²) in [6.45, 7) is 8.65. The van der Waals surface area contributed by atoms with Gasteiger partial charge in [0.2, 0.25) is 15.9 Å². The van der Waals surface area contributed by atoms with Gasteiger partial charge in [-0.15, -0.1) is 0 Å². The smallest absolute Gasteiger partial charge is 0.243 e. The molecule has 0 saturated carbocycles. The van der Waals surface area contributed by atoms with Crippen LogP contribution in [0.1, 0.15) is 69.3 Å². The summed E-state index contributed by atoms with van der Waals surface area (Å²) in [5, 5.41) is 7.73. The van der Waals surface area contributed by atoms with E-state index >= 15 is 0 Å². The molecular formula is C23H32N4O3S. The molecule has 0 bridgehead atoms. The van der Waals surface area contributed by atoms with E-state index in [4.69, 9.17) is 0 Å². The highest BCUT2D eigenvalue weighted by molar-refractivity contribution is 7.89. The van der Waals surface area contributed by atoms with Crippen LogP contribution in [0, 0.1) is 6.92 Å². The lowest BCUT2D eigenvalue weighted by Crippen LogP contribution is -2.47. The van der Waals surface area contributed by atoms with Crippen molar-refractivity contribution < 1.29 is 13.2 Å². The van der Waals surface area contributed by atoms with E-state index in [2.05, 4.69) is 31.2 Å². The second-order valence-electron chi connectivity index (χ2n) is 9.67. The molecule has 2 aliphatic rings. The van der Waals surface area contributed by atoms with Gasteiger partial charge in [-0.25, -0.2) is 8.42 Å². The summed E-state index contributed by atoms with van der Waals surface area (Å²) in [6, 6.07) is 6.01. The van der Waals surface area contributed by atoms with E-state index in [-0.39, 0.29) is 22.4 Å². The van der Waals surface area contributed by atoms with Gasteiger partial charge >= 0.3 is 0 Å². The van der Waals surface area contributed by atoms with E-state index in [1.165, 1.54) is 10.00 Å². The predicted octanol–water partition coefficient (Wildman–Crippen LogP) is 3.29. The maximum absolute atomic E-state index is 13.2. The van der Waals surface area contributed by atoms with Crippen molar-refractivity contribution in [1.29, 1.82) is 0 Å². The predicted molar refractivity (Wildman–Crippen MR) is 119 cm³/mol. The fourth-order valence-electron chi connectivity index (χ4n) is 4.69. The topological polar surface area (TPSA) is 84.3 Å². The summed E-state index contributed by atoms with van der Waals surface area (Å²) >= 11 is 0. The molecule has 4 rings (SSSR count). The third-order valence-electron chi connectivity index (χ3n) is 6.27. The molecule has 1 aromatic carbocycles. The number of carbonyl (C=O) groups is 1. The molecule has 2 atom stereocenters. The van der Waals surface area contributed by atoms with E-state index in [9.17, 15) is 13.2 Å². The molecule has 1 aromatic heterocycles. The Kier molecular flexibility index (Phi) is 5.72. The van der Waals surface area contributed by atoms with Gasteiger partial charge < -0.3 is 5.32 Å². The van der Waals surface area contributed by atoms with Gasteiger partial charge in [-0.3, -0.25) is 9.48 Å². The third kappa shape index (κ3) is 4.15. The highest BCUT2D eigenvalue weighted by atomic mass is 32.2. The standard InChI is InChI=1S/C23H32N4O3S/c1-16-10-12-17(13-11-16)31(29,30)26-14-6-9-21(26)22(28)25-19-7-5-8-20-18(19)15-24-27(20)23(2,3)4/h10-13,15,19,21H,5-9,14H2,1-4H3,(H,25,28)/t19-,21+/m1/s1. The summed E-state index contributed by atoms with van der Waals surface area (Å²) in [7, 11) is -3.71. The lowest BCUT2D eigenvalue weighted by atomic mass is 9.92. The quantitative estimate of drug-likeness (QED) is 0.784. The Bertz CT molecular complexity index is 1070. The number of hydrogen-bond donors (Lipinski definition) is 1. The molecule has 31 heavy (non-hydrogen) atoms. The van der Waals surface area contributed by atoms with Gasteiger partial charge in [-0.1, -0.05) is 17.7 Å². The number of amides is 1. The zero-order chi connectivity index (χ0) is 22.4. The largest absolute Gasteiger partial charge is 0.348 e. The Hall–Kier alpha value is -2.19. The highest BCUT2D eigenvalue weighted by Crippen LogP contribution is 2.33. The van der Waals surface area contributed by atoms with Crippen LogP contribution in [0.25, 0.3) is 0 Å². The van der Waals surface area contributed by atoms with E-state index in [1.54, 1.807) is 24.3 Å². The minimum absolute atomic E-state index is 0.121. The van der Waals surface area contributed by atoms with Gasteiger partial charge in [0.05, 0.1) is 22.7 Å². The summed E-state index contributed by atoms with van der Waals surface area (Å²) in [5.41, 5.74) is 3.10. The summed E-state index contributed by atoms with van der Waals surface area (Å²) in [4.78, 5) is 13.5. The zero-order valence-corrected chi connectivity index (χ0v) is 19.6. The van der Waals surface area contributed by atoms with Crippen molar-refractivity contribution in [2.75, 3.05) is 6.54 Å². The second kappa shape index (κ2) is 8.06. The molecule has 0 spiro atoms. The first-order chi connectivity index (χ1) is 14.6. The molecule has 0 radical (unpaired) electrons. The van der Waals surface area contributed by atoms with Crippen molar-refractivity contribution in [3.05, 3.63) is 47.3 Å². The number of fused-ring (bicyclic) bond motifs is 1. The zero-order valence-electron chi connectivity index (χ0n) is 18.8. The van der Waals surface area contributed by atoms with Crippen LogP contribution in [0.2, 0.25) is 0 Å². The van der Waals surface area contributed by atoms with Crippen molar-refractivity contribution in [1.82, 2.24) is 19.4 Å². The van der Waals surface area contributed by atoms with Crippen LogP contribution >= 0.6 is 0 Å². The molecule has 2 heterocycles. The molecule has 1 aliphatic heterocycles. The number of hydrogen-bond acceptors (Lipinski definition) is 4. The summed E-state index contributed by atoms with van der Waals surface area (Å²) < 4.78 is 29.8. The maximum atomic E-state index is 13.2. The van der Waals surface area contributed by atoms with Crippen molar-refractivity contribution in [2.45, 2.75) is 82.3 Å². The monoisotopic (exact) mass is 444 g/mol. The Labute approximate surface area is 184 Å². The van der Waals surface area contributed by atoms with Crippen LogP contribution < -0.4 is 5.32 Å². The van der Waals surface area contributed by atoms with Crippen LogP contribution in [0.4, 0.5) is 0 Å². The second-order valence-corrected chi connectivity index (χ2v) is 11.6. The number of aromatic nitrogens is 2. The normalized spacial score (nSPS) is 22.3. The van der Waals surface area contributed by atoms with Crippen LogP contribution in [-0.4, -0.2) is 41.0 Å². The molecular weight excluding hydrogens is 412 g/mol. The number of rotatable bonds is 4.